The molecule has 1 aromatic carbocycles. The Bertz CT molecular complexity index is 422. The Morgan fingerprint density at radius 1 is 1.42 bits per heavy atom. The number of alkyl halides is 3. The van der Waals surface area contributed by atoms with Gasteiger partial charge in [-0.3, -0.25) is 0 Å². The molecule has 0 heterocycles. The van der Waals surface area contributed by atoms with Crippen molar-refractivity contribution in [2.24, 2.45) is 0 Å². The minimum absolute atomic E-state index is 0.0195. The Balaban J connectivity index is 2.85. The van der Waals surface area contributed by atoms with Crippen LogP contribution in [0.4, 0.5) is 18.9 Å². The summed E-state index contributed by atoms with van der Waals surface area (Å²) in [7, 11) is 0. The molecule has 0 amide bonds. The lowest BCUT2D eigenvalue weighted by Crippen LogP contribution is -2.23. The van der Waals surface area contributed by atoms with Crippen LogP contribution < -0.4 is 10.1 Å². The summed E-state index contributed by atoms with van der Waals surface area (Å²) in [5, 5.41) is 20.6. The van der Waals surface area contributed by atoms with E-state index in [1.807, 2.05) is 0 Å². The highest BCUT2D eigenvalue weighted by molar-refractivity contribution is 14.1. The summed E-state index contributed by atoms with van der Waals surface area (Å²) in [6, 6.07) is 2.18. The van der Waals surface area contributed by atoms with Gasteiger partial charge in [-0.15, -0.1) is 13.2 Å². The van der Waals surface area contributed by atoms with E-state index in [9.17, 15) is 18.3 Å². The number of benzene rings is 1. The smallest absolute Gasteiger partial charge is 0.406 e. The van der Waals surface area contributed by atoms with Crippen molar-refractivity contribution in [3.63, 3.8) is 0 Å². The number of halogens is 5. The van der Waals surface area contributed by atoms with Crippen molar-refractivity contribution in [1.29, 1.82) is 0 Å². The maximum atomic E-state index is 12.1. The van der Waals surface area contributed by atoms with Crippen molar-refractivity contribution in [2.45, 2.75) is 12.5 Å². The fourth-order valence-electron chi connectivity index (χ4n) is 1.20. The van der Waals surface area contributed by atoms with Crippen LogP contribution in [0.25, 0.3) is 0 Å². The minimum Gasteiger partial charge on any atom is -0.406 e. The molecule has 4 nitrogen and oxygen atoms in total. The molecule has 0 aliphatic heterocycles. The van der Waals surface area contributed by atoms with Gasteiger partial charge in [0.25, 0.3) is 0 Å². The van der Waals surface area contributed by atoms with E-state index in [0.717, 1.165) is 12.1 Å². The molecule has 3 N–H and O–H groups in total. The molecule has 19 heavy (non-hydrogen) atoms. The van der Waals surface area contributed by atoms with Gasteiger partial charge in [0.15, 0.2) is 0 Å². The number of rotatable bonds is 5. The van der Waals surface area contributed by atoms with Gasteiger partial charge < -0.3 is 20.3 Å². The third-order valence-corrected chi connectivity index (χ3v) is 3.12. The predicted octanol–water partition coefficient (Wildman–Crippen LogP) is 2.61. The standard InChI is InChI=1S/C10H10ClF3INO3/c11-7-1-6(19-10(12,13)14)2-8(15)9(7)16-3-5(18)4-17/h1-2,5,16-18H,3-4H2. The topological polar surface area (TPSA) is 61.7 Å². The van der Waals surface area contributed by atoms with Crippen molar-refractivity contribution in [3.8, 4) is 5.75 Å². The van der Waals surface area contributed by atoms with Gasteiger partial charge in [-0.25, -0.2) is 0 Å². The lowest BCUT2D eigenvalue weighted by atomic mass is 10.3. The average Bonchev–Trinajstić information content (AvgIpc) is 2.25. The van der Waals surface area contributed by atoms with E-state index in [4.69, 9.17) is 16.7 Å². The van der Waals surface area contributed by atoms with Crippen LogP contribution >= 0.6 is 34.2 Å². The maximum absolute atomic E-state index is 12.1. The van der Waals surface area contributed by atoms with E-state index in [1.165, 1.54) is 0 Å². The van der Waals surface area contributed by atoms with Gasteiger partial charge >= 0.3 is 6.36 Å². The van der Waals surface area contributed by atoms with Gasteiger partial charge in [0.2, 0.25) is 0 Å². The fraction of sp³-hybridized carbons (Fsp3) is 0.400. The molecule has 0 spiro atoms. The van der Waals surface area contributed by atoms with E-state index in [1.54, 1.807) is 22.6 Å². The Labute approximate surface area is 125 Å². The van der Waals surface area contributed by atoms with Crippen LogP contribution in [0, 0.1) is 3.57 Å². The van der Waals surface area contributed by atoms with Crippen LogP contribution in [0.15, 0.2) is 12.1 Å². The predicted molar refractivity (Wildman–Crippen MR) is 72.4 cm³/mol. The van der Waals surface area contributed by atoms with E-state index in [0.29, 0.717) is 9.26 Å². The zero-order chi connectivity index (χ0) is 14.6. The first-order valence-electron chi connectivity index (χ1n) is 5.00. The molecule has 0 aromatic heterocycles. The summed E-state index contributed by atoms with van der Waals surface area (Å²) < 4.78 is 40.3. The van der Waals surface area contributed by atoms with Crippen LogP contribution in [-0.4, -0.2) is 35.8 Å². The second-order valence-electron chi connectivity index (χ2n) is 3.53. The first-order chi connectivity index (χ1) is 8.73. The molecular formula is C10H10ClF3INO3. The highest BCUT2D eigenvalue weighted by atomic mass is 127. The number of ether oxygens (including phenoxy) is 1. The van der Waals surface area contributed by atoms with Crippen molar-refractivity contribution in [3.05, 3.63) is 20.7 Å². The Morgan fingerprint density at radius 2 is 2.05 bits per heavy atom. The number of aliphatic hydroxyl groups excluding tert-OH is 2. The molecule has 0 bridgehead atoms. The van der Waals surface area contributed by atoms with Crippen LogP contribution in [0.1, 0.15) is 0 Å². The van der Waals surface area contributed by atoms with Crippen molar-refractivity contribution in [1.82, 2.24) is 0 Å². The Morgan fingerprint density at radius 3 is 2.53 bits per heavy atom. The van der Waals surface area contributed by atoms with Gasteiger partial charge in [-0.1, -0.05) is 11.6 Å². The molecule has 0 fully saturated rings. The largest absolute Gasteiger partial charge is 0.573 e. The monoisotopic (exact) mass is 411 g/mol. The van der Waals surface area contributed by atoms with Crippen LogP contribution in [-0.2, 0) is 0 Å². The summed E-state index contributed by atoms with van der Waals surface area (Å²) in [4.78, 5) is 0. The molecule has 1 aromatic rings. The summed E-state index contributed by atoms with van der Waals surface area (Å²) in [5.74, 6) is -0.421. The first kappa shape index (κ1) is 16.6. The normalized spacial score (nSPS) is 13.2. The summed E-state index contributed by atoms with van der Waals surface area (Å²) in [6.45, 7) is -0.415. The molecule has 0 saturated carbocycles. The zero-order valence-electron chi connectivity index (χ0n) is 9.34. The number of anilines is 1. The van der Waals surface area contributed by atoms with Crippen LogP contribution in [0.2, 0.25) is 5.02 Å². The van der Waals surface area contributed by atoms with E-state index >= 15 is 0 Å². The van der Waals surface area contributed by atoms with E-state index in [2.05, 4.69) is 10.1 Å². The van der Waals surface area contributed by atoms with Crippen LogP contribution in [0.3, 0.4) is 0 Å². The third-order valence-electron chi connectivity index (χ3n) is 1.97. The van der Waals surface area contributed by atoms with Gasteiger partial charge in [0, 0.05) is 16.2 Å². The van der Waals surface area contributed by atoms with Gasteiger partial charge in [0.1, 0.15) is 5.75 Å². The summed E-state index contributed by atoms with van der Waals surface area (Å²) in [6.07, 6.45) is -5.77. The van der Waals surface area contributed by atoms with Gasteiger partial charge in [-0.05, 0) is 28.7 Å². The second kappa shape index (κ2) is 6.82. The highest BCUT2D eigenvalue weighted by Gasteiger charge is 2.31. The molecular weight excluding hydrogens is 401 g/mol. The highest BCUT2D eigenvalue weighted by Crippen LogP contribution is 2.34. The third kappa shape index (κ3) is 5.59. The maximum Gasteiger partial charge on any atom is 0.573 e. The SMILES string of the molecule is OCC(O)CNc1c(Cl)cc(OC(F)(F)F)cc1I. The van der Waals surface area contributed by atoms with E-state index in [-0.39, 0.29) is 11.6 Å². The zero-order valence-corrected chi connectivity index (χ0v) is 12.3. The van der Waals surface area contributed by atoms with E-state index < -0.39 is 24.8 Å². The minimum atomic E-state index is -4.78. The molecule has 1 atom stereocenters. The number of aliphatic hydroxyl groups is 2. The fourth-order valence-corrected chi connectivity index (χ4v) is 2.42. The molecule has 0 aliphatic carbocycles. The van der Waals surface area contributed by atoms with Crippen molar-refractivity contribution >= 4 is 39.9 Å². The molecule has 9 heteroatoms. The summed E-state index contributed by atoms with van der Waals surface area (Å²) in [5.41, 5.74) is 0.365. The number of hydrogen-bond acceptors (Lipinski definition) is 4. The number of nitrogens with one attached hydrogen (secondary N) is 1. The Kier molecular flexibility index (Phi) is 5.96. The molecule has 0 radical (unpaired) electrons. The lowest BCUT2D eigenvalue weighted by Gasteiger charge is -2.15. The van der Waals surface area contributed by atoms with Gasteiger partial charge in [0.05, 0.1) is 23.4 Å². The molecule has 0 saturated heterocycles. The average molecular weight is 412 g/mol. The molecule has 0 aliphatic rings. The van der Waals surface area contributed by atoms with Crippen molar-refractivity contribution in [2.75, 3.05) is 18.5 Å². The van der Waals surface area contributed by atoms with Gasteiger partial charge in [-0.2, -0.15) is 0 Å². The number of hydrogen-bond donors (Lipinski definition) is 3. The summed E-state index contributed by atoms with van der Waals surface area (Å²) >= 11 is 7.61. The molecule has 1 unspecified atom stereocenters. The molecule has 108 valence electrons. The molecule has 1 rings (SSSR count). The second-order valence-corrected chi connectivity index (χ2v) is 5.10. The van der Waals surface area contributed by atoms with Crippen molar-refractivity contribution < 1.29 is 28.1 Å². The first-order valence-corrected chi connectivity index (χ1v) is 6.46. The lowest BCUT2D eigenvalue weighted by molar-refractivity contribution is -0.274. The Hall–Kier alpha value is -0.450. The van der Waals surface area contributed by atoms with Crippen LogP contribution in [0.5, 0.6) is 5.75 Å². The quantitative estimate of drug-likeness (QED) is 0.652.